The Kier molecular flexibility index (Phi) is 9.14. The van der Waals surface area contributed by atoms with E-state index < -0.39 is 0 Å². The topological polar surface area (TPSA) is 133 Å². The first-order valence-corrected chi connectivity index (χ1v) is 17.7. The highest BCUT2D eigenvalue weighted by atomic mass is 35.5. The highest BCUT2D eigenvalue weighted by molar-refractivity contribution is 7.18. The number of carbonyl (C=O) groups is 1. The van der Waals surface area contributed by atoms with Crippen LogP contribution in [-0.2, 0) is 0 Å². The number of ketones is 1. The Balaban J connectivity index is 1.04. The summed E-state index contributed by atoms with van der Waals surface area (Å²) in [6, 6.07) is 26.0. The van der Waals surface area contributed by atoms with Crippen LogP contribution in [0.2, 0.25) is 5.02 Å². The summed E-state index contributed by atoms with van der Waals surface area (Å²) in [4.78, 5) is 33.2. The van der Waals surface area contributed by atoms with Gasteiger partial charge in [-0.15, -0.1) is 0 Å². The Bertz CT molecular complexity index is 2050. The maximum Gasteiger partial charge on any atom is 0.359 e. The number of ether oxygens (including phenoxy) is 2. The first-order valence-electron chi connectivity index (χ1n) is 16.5. The number of nitrogens with zero attached hydrogens (tertiary/aromatic N) is 7. The zero-order valence-electron chi connectivity index (χ0n) is 26.9. The molecule has 0 unspecified atom stereocenters. The molecule has 12 nitrogen and oxygen atoms in total. The van der Waals surface area contributed by atoms with Crippen molar-refractivity contribution < 1.29 is 23.3 Å². The summed E-state index contributed by atoms with van der Waals surface area (Å²) in [6.45, 7) is 2.69. The van der Waals surface area contributed by atoms with Gasteiger partial charge < -0.3 is 28.3 Å². The number of hydrogen-bond donors (Lipinski definition) is 0. The third-order valence-corrected chi connectivity index (χ3v) is 10.1. The second-order valence-corrected chi connectivity index (χ2v) is 13.6. The Labute approximate surface area is 296 Å². The van der Waals surface area contributed by atoms with Gasteiger partial charge in [-0.05, 0) is 84.5 Å². The lowest BCUT2D eigenvalue weighted by molar-refractivity contribution is 0.104. The van der Waals surface area contributed by atoms with Crippen LogP contribution in [0, 0.1) is 0 Å². The summed E-state index contributed by atoms with van der Waals surface area (Å²) < 4.78 is 22.9. The van der Waals surface area contributed by atoms with E-state index >= 15 is 0 Å². The van der Waals surface area contributed by atoms with Gasteiger partial charge in [0.25, 0.3) is 0 Å². The molecule has 3 aromatic carbocycles. The van der Waals surface area contributed by atoms with Crippen LogP contribution >= 0.6 is 22.9 Å². The highest BCUT2D eigenvalue weighted by Crippen LogP contribution is 2.40. The molecule has 0 aliphatic carbocycles. The predicted octanol–water partition coefficient (Wildman–Crippen LogP) is 8.15. The largest absolute Gasteiger partial charge is 0.422 e. The van der Waals surface area contributed by atoms with Gasteiger partial charge >= 0.3 is 12.0 Å². The maximum absolute atomic E-state index is 14.1. The molecule has 0 spiro atoms. The number of carbonyl (C=O) groups excluding carboxylic acids is 1. The first-order chi connectivity index (χ1) is 24.6. The van der Waals surface area contributed by atoms with Crippen molar-refractivity contribution in [3.05, 3.63) is 112 Å². The Hall–Kier alpha value is -5.27. The second-order valence-electron chi connectivity index (χ2n) is 12.2. The van der Waals surface area contributed by atoms with E-state index in [-0.39, 0.29) is 29.6 Å². The Morgan fingerprint density at radius 2 is 1.26 bits per heavy atom. The third kappa shape index (κ3) is 7.05. The molecule has 0 radical (unpaired) electrons. The summed E-state index contributed by atoms with van der Waals surface area (Å²) in [6.07, 6.45) is 3.49. The second kappa shape index (κ2) is 14.3. The molecule has 254 valence electrons. The van der Waals surface area contributed by atoms with E-state index in [0.717, 1.165) is 43.9 Å². The molecule has 2 aliphatic heterocycles. The molecule has 2 aliphatic rings. The zero-order chi connectivity index (χ0) is 33.9. The van der Waals surface area contributed by atoms with Crippen molar-refractivity contribution in [2.45, 2.75) is 37.5 Å². The summed E-state index contributed by atoms with van der Waals surface area (Å²) in [5.41, 5.74) is 0.548. The van der Waals surface area contributed by atoms with Crippen LogP contribution in [0.4, 0.5) is 10.9 Å². The fourth-order valence-corrected chi connectivity index (χ4v) is 7.51. The Morgan fingerprint density at radius 1 is 0.720 bits per heavy atom. The van der Waals surface area contributed by atoms with Gasteiger partial charge in [0.05, 0.1) is 11.8 Å². The average molecular weight is 710 g/mol. The lowest BCUT2D eigenvalue weighted by Gasteiger charge is -2.32. The van der Waals surface area contributed by atoms with Crippen LogP contribution in [0.3, 0.4) is 0 Å². The molecule has 3 aromatic heterocycles. The van der Waals surface area contributed by atoms with Gasteiger partial charge in [-0.3, -0.25) is 4.79 Å². The molecule has 0 bridgehead atoms. The summed E-state index contributed by atoms with van der Waals surface area (Å²) in [5.74, 6) is 2.75. The minimum Gasteiger partial charge on any atom is -0.422 e. The van der Waals surface area contributed by atoms with Crippen LogP contribution in [0.25, 0.3) is 0 Å². The molecule has 0 N–H and O–H groups in total. The van der Waals surface area contributed by atoms with Gasteiger partial charge in [0.15, 0.2) is 10.9 Å². The minimum atomic E-state index is -0.105. The van der Waals surface area contributed by atoms with Crippen molar-refractivity contribution in [3.63, 3.8) is 0 Å². The van der Waals surface area contributed by atoms with Crippen molar-refractivity contribution in [1.29, 1.82) is 0 Å². The van der Waals surface area contributed by atoms with Crippen molar-refractivity contribution in [3.8, 4) is 23.5 Å². The van der Waals surface area contributed by atoms with Crippen LogP contribution in [0.1, 0.15) is 64.5 Å². The smallest absolute Gasteiger partial charge is 0.359 e. The number of anilines is 2. The first kappa shape index (κ1) is 32.0. The molecule has 0 amide bonds. The van der Waals surface area contributed by atoms with E-state index in [1.807, 2.05) is 60.7 Å². The van der Waals surface area contributed by atoms with Crippen LogP contribution in [0.5, 0.6) is 23.5 Å². The number of aromatic nitrogens is 5. The van der Waals surface area contributed by atoms with Gasteiger partial charge in [-0.25, -0.2) is 4.98 Å². The molecule has 6 aromatic rings. The van der Waals surface area contributed by atoms with E-state index in [0.29, 0.717) is 57.7 Å². The number of hydrogen-bond acceptors (Lipinski definition) is 13. The van der Waals surface area contributed by atoms with E-state index in [1.165, 1.54) is 11.3 Å². The molecule has 2 fully saturated rings. The normalized spacial score (nSPS) is 17.9. The molecular weight excluding hydrogens is 678 g/mol. The fraction of sp³-hybridized carbons (Fsp3) is 0.278. The highest BCUT2D eigenvalue weighted by Gasteiger charge is 2.34. The van der Waals surface area contributed by atoms with Gasteiger partial charge in [0.1, 0.15) is 16.4 Å². The molecular formula is C36H32ClN7O5S. The van der Waals surface area contributed by atoms with Crippen molar-refractivity contribution in [1.82, 2.24) is 25.3 Å². The monoisotopic (exact) mass is 709 g/mol. The van der Waals surface area contributed by atoms with E-state index in [9.17, 15) is 4.79 Å². The number of piperidine rings is 2. The quantitative estimate of drug-likeness (QED) is 0.127. The summed E-state index contributed by atoms with van der Waals surface area (Å²) in [5, 5.41) is 9.45. The number of halogens is 1. The van der Waals surface area contributed by atoms with E-state index in [4.69, 9.17) is 35.1 Å². The third-order valence-electron chi connectivity index (χ3n) is 8.77. The van der Waals surface area contributed by atoms with Gasteiger partial charge in [0, 0.05) is 36.8 Å². The Morgan fingerprint density at radius 3 is 1.84 bits per heavy atom. The van der Waals surface area contributed by atoms with Crippen LogP contribution < -0.4 is 19.3 Å². The summed E-state index contributed by atoms with van der Waals surface area (Å²) >= 11 is 7.56. The molecule has 2 atom stereocenters. The molecule has 14 heteroatoms. The molecule has 8 rings (SSSR count). The summed E-state index contributed by atoms with van der Waals surface area (Å²) in [7, 11) is 0. The lowest BCUT2D eigenvalue weighted by Crippen LogP contribution is -2.36. The lowest BCUT2D eigenvalue weighted by atomic mass is 9.97. The minimum absolute atomic E-state index is 0.0173. The van der Waals surface area contributed by atoms with E-state index in [1.54, 1.807) is 24.3 Å². The van der Waals surface area contributed by atoms with E-state index in [2.05, 4.69) is 30.1 Å². The molecule has 2 saturated heterocycles. The maximum atomic E-state index is 14.1. The number of benzene rings is 3. The van der Waals surface area contributed by atoms with Crippen molar-refractivity contribution in [2.24, 2.45) is 0 Å². The van der Waals surface area contributed by atoms with Crippen molar-refractivity contribution >= 4 is 39.7 Å². The van der Waals surface area contributed by atoms with Crippen LogP contribution in [-0.4, -0.2) is 57.2 Å². The molecule has 5 heterocycles. The SMILES string of the molecule is O=C(c1ccc(Cl)cc1)c1sc(N2CCC[C@H](c3nc(Oc4ccccc4)no3)C2)nc1N1CCC[C@H](c2nc(Oc3ccccc3)no2)C1. The zero-order valence-corrected chi connectivity index (χ0v) is 28.4. The molecule has 50 heavy (non-hydrogen) atoms. The number of para-hydroxylation sites is 2. The average Bonchev–Trinajstić information content (AvgIpc) is 3.94. The predicted molar refractivity (Wildman–Crippen MR) is 187 cm³/mol. The van der Waals surface area contributed by atoms with Gasteiger partial charge in [-0.2, -0.15) is 9.97 Å². The molecule has 0 saturated carbocycles. The number of rotatable bonds is 10. The van der Waals surface area contributed by atoms with Gasteiger partial charge in [-0.1, -0.05) is 59.3 Å². The van der Waals surface area contributed by atoms with Gasteiger partial charge in [0.2, 0.25) is 17.6 Å². The fourth-order valence-electron chi connectivity index (χ4n) is 6.30. The van der Waals surface area contributed by atoms with Crippen molar-refractivity contribution in [2.75, 3.05) is 36.0 Å². The number of thiazole rings is 1. The standard InChI is InChI=1S/C36H32ClN7O5S/c37-26-17-15-23(16-18-26)29(45)30-31(43-19-7-9-24(21-43)32-39-34(41-48-32)46-27-11-3-1-4-12-27)38-36(50-30)44-20-8-10-25(22-44)33-40-35(42-49-33)47-28-13-5-2-6-14-28/h1-6,11-18,24-25H,7-10,19-22H2/t24-,25-/m0/s1. The van der Waals surface area contributed by atoms with Crippen LogP contribution in [0.15, 0.2) is 94.0 Å².